The van der Waals surface area contributed by atoms with Crippen LogP contribution in [0.2, 0.25) is 0 Å². The van der Waals surface area contributed by atoms with Crippen molar-refractivity contribution in [1.82, 2.24) is 15.0 Å². The van der Waals surface area contributed by atoms with Crippen LogP contribution in [-0.2, 0) is 4.74 Å². The van der Waals surface area contributed by atoms with Gasteiger partial charge < -0.3 is 10.1 Å². The van der Waals surface area contributed by atoms with Gasteiger partial charge in [-0.15, -0.1) is 0 Å². The molecule has 1 N–H and O–H groups in total. The second kappa shape index (κ2) is 6.30. The third-order valence-corrected chi connectivity index (χ3v) is 4.14. The highest BCUT2D eigenvalue weighted by Gasteiger charge is 2.24. The molecule has 3 aromatic rings. The SMILES string of the molecule is c1ccc(C2CC(Nc3ccc4nccnc4n3)CCO2)cc1. The van der Waals surface area contributed by atoms with E-state index in [1.807, 2.05) is 18.2 Å². The molecule has 0 spiro atoms. The summed E-state index contributed by atoms with van der Waals surface area (Å²) < 4.78 is 5.92. The zero-order chi connectivity index (χ0) is 15.5. The Bertz CT molecular complexity index is 793. The summed E-state index contributed by atoms with van der Waals surface area (Å²) in [6.07, 6.45) is 5.40. The number of anilines is 1. The van der Waals surface area contributed by atoms with E-state index in [0.29, 0.717) is 11.7 Å². The van der Waals surface area contributed by atoms with Gasteiger partial charge in [0.05, 0.1) is 6.10 Å². The number of pyridine rings is 1. The molecule has 116 valence electrons. The van der Waals surface area contributed by atoms with Crippen LogP contribution in [0.1, 0.15) is 24.5 Å². The van der Waals surface area contributed by atoms with E-state index in [1.165, 1.54) is 5.56 Å². The van der Waals surface area contributed by atoms with Crippen molar-refractivity contribution in [1.29, 1.82) is 0 Å². The number of rotatable bonds is 3. The minimum Gasteiger partial charge on any atom is -0.373 e. The van der Waals surface area contributed by atoms with E-state index in [0.717, 1.165) is 30.8 Å². The van der Waals surface area contributed by atoms with E-state index in [4.69, 9.17) is 4.74 Å². The van der Waals surface area contributed by atoms with Crippen LogP contribution in [0.5, 0.6) is 0 Å². The molecule has 4 rings (SSSR count). The van der Waals surface area contributed by atoms with Crippen LogP contribution in [0.4, 0.5) is 5.82 Å². The van der Waals surface area contributed by atoms with Crippen molar-refractivity contribution in [3.63, 3.8) is 0 Å². The number of nitrogens with one attached hydrogen (secondary N) is 1. The Labute approximate surface area is 134 Å². The quantitative estimate of drug-likeness (QED) is 0.804. The van der Waals surface area contributed by atoms with Crippen LogP contribution in [0.15, 0.2) is 54.9 Å². The van der Waals surface area contributed by atoms with Crippen LogP contribution in [0.3, 0.4) is 0 Å². The van der Waals surface area contributed by atoms with Gasteiger partial charge in [-0.2, -0.15) is 0 Å². The summed E-state index contributed by atoms with van der Waals surface area (Å²) in [5, 5.41) is 3.51. The van der Waals surface area contributed by atoms with Crippen molar-refractivity contribution < 1.29 is 4.74 Å². The molecule has 5 heteroatoms. The van der Waals surface area contributed by atoms with Crippen LogP contribution < -0.4 is 5.32 Å². The first-order valence-electron chi connectivity index (χ1n) is 7.89. The monoisotopic (exact) mass is 306 g/mol. The zero-order valence-electron chi connectivity index (χ0n) is 12.7. The van der Waals surface area contributed by atoms with E-state index in [2.05, 4.69) is 44.5 Å². The van der Waals surface area contributed by atoms with Gasteiger partial charge in [0, 0.05) is 25.0 Å². The van der Waals surface area contributed by atoms with Crippen molar-refractivity contribution >= 4 is 17.0 Å². The van der Waals surface area contributed by atoms with E-state index >= 15 is 0 Å². The Morgan fingerprint density at radius 1 is 1.00 bits per heavy atom. The fraction of sp³-hybridized carbons (Fsp3) is 0.278. The maximum atomic E-state index is 5.92. The highest BCUT2D eigenvalue weighted by Crippen LogP contribution is 2.29. The Kier molecular flexibility index (Phi) is 3.86. The molecule has 0 radical (unpaired) electrons. The third kappa shape index (κ3) is 3.14. The predicted octanol–water partition coefficient (Wildman–Crippen LogP) is 3.36. The lowest BCUT2D eigenvalue weighted by Crippen LogP contribution is -2.30. The zero-order valence-corrected chi connectivity index (χ0v) is 12.7. The van der Waals surface area contributed by atoms with E-state index in [1.54, 1.807) is 12.4 Å². The third-order valence-electron chi connectivity index (χ3n) is 4.14. The molecule has 1 saturated heterocycles. The number of ether oxygens (including phenoxy) is 1. The number of benzene rings is 1. The Balaban J connectivity index is 1.49. The second-order valence-corrected chi connectivity index (χ2v) is 5.73. The van der Waals surface area contributed by atoms with Crippen molar-refractivity contribution in [2.45, 2.75) is 25.0 Å². The summed E-state index contributed by atoms with van der Waals surface area (Å²) in [4.78, 5) is 13.0. The summed E-state index contributed by atoms with van der Waals surface area (Å²) in [7, 11) is 0. The molecule has 0 amide bonds. The summed E-state index contributed by atoms with van der Waals surface area (Å²) in [5.74, 6) is 0.844. The standard InChI is InChI=1S/C18H18N4O/c1-2-4-13(5-3-1)16-12-14(8-11-23-16)21-17-7-6-15-18(22-17)20-10-9-19-15/h1-7,9-10,14,16H,8,11-12H2,(H,20,21,22). The maximum absolute atomic E-state index is 5.92. The summed E-state index contributed by atoms with van der Waals surface area (Å²) in [5.41, 5.74) is 2.72. The van der Waals surface area contributed by atoms with E-state index < -0.39 is 0 Å². The molecule has 2 aromatic heterocycles. The van der Waals surface area contributed by atoms with Crippen LogP contribution >= 0.6 is 0 Å². The maximum Gasteiger partial charge on any atom is 0.180 e. The molecule has 0 aliphatic carbocycles. The first-order chi connectivity index (χ1) is 11.4. The molecule has 1 aliphatic heterocycles. The minimum absolute atomic E-state index is 0.141. The Morgan fingerprint density at radius 3 is 2.78 bits per heavy atom. The molecule has 1 aromatic carbocycles. The first kappa shape index (κ1) is 14.1. The van der Waals surface area contributed by atoms with Gasteiger partial charge in [-0.25, -0.2) is 9.97 Å². The molecule has 23 heavy (non-hydrogen) atoms. The van der Waals surface area contributed by atoms with Gasteiger partial charge in [-0.05, 0) is 30.5 Å². The van der Waals surface area contributed by atoms with Gasteiger partial charge in [-0.3, -0.25) is 4.98 Å². The van der Waals surface area contributed by atoms with Crippen molar-refractivity contribution in [2.24, 2.45) is 0 Å². The van der Waals surface area contributed by atoms with Gasteiger partial charge in [-0.1, -0.05) is 30.3 Å². The van der Waals surface area contributed by atoms with Crippen molar-refractivity contribution in [3.8, 4) is 0 Å². The van der Waals surface area contributed by atoms with Crippen LogP contribution in [-0.4, -0.2) is 27.6 Å². The molecule has 1 aliphatic rings. The topological polar surface area (TPSA) is 59.9 Å². The lowest BCUT2D eigenvalue weighted by atomic mass is 9.97. The Hall–Kier alpha value is -2.53. The highest BCUT2D eigenvalue weighted by molar-refractivity contribution is 5.71. The predicted molar refractivity (Wildman–Crippen MR) is 89.1 cm³/mol. The van der Waals surface area contributed by atoms with Crippen LogP contribution in [0, 0.1) is 0 Å². The normalized spacial score (nSPS) is 21.2. The fourth-order valence-electron chi connectivity index (χ4n) is 2.97. The molecule has 0 saturated carbocycles. The van der Waals surface area contributed by atoms with Gasteiger partial charge in [0.2, 0.25) is 0 Å². The van der Waals surface area contributed by atoms with E-state index in [9.17, 15) is 0 Å². The smallest absolute Gasteiger partial charge is 0.180 e. The molecule has 1 fully saturated rings. The number of nitrogens with zero attached hydrogens (tertiary/aromatic N) is 3. The lowest BCUT2D eigenvalue weighted by Gasteiger charge is -2.30. The highest BCUT2D eigenvalue weighted by atomic mass is 16.5. The van der Waals surface area contributed by atoms with E-state index in [-0.39, 0.29) is 6.10 Å². The summed E-state index contributed by atoms with van der Waals surface area (Å²) in [6, 6.07) is 14.6. The number of hydrogen-bond donors (Lipinski definition) is 1. The van der Waals surface area contributed by atoms with Crippen molar-refractivity contribution in [2.75, 3.05) is 11.9 Å². The lowest BCUT2D eigenvalue weighted by molar-refractivity contribution is 0.00975. The van der Waals surface area contributed by atoms with Gasteiger partial charge in [0.15, 0.2) is 5.65 Å². The largest absolute Gasteiger partial charge is 0.373 e. The first-order valence-corrected chi connectivity index (χ1v) is 7.89. The van der Waals surface area contributed by atoms with Crippen LogP contribution in [0.25, 0.3) is 11.2 Å². The number of aromatic nitrogens is 3. The number of fused-ring (bicyclic) bond motifs is 1. The minimum atomic E-state index is 0.141. The van der Waals surface area contributed by atoms with Gasteiger partial charge >= 0.3 is 0 Å². The summed E-state index contributed by atoms with van der Waals surface area (Å²) >= 11 is 0. The molecule has 3 heterocycles. The molecule has 5 nitrogen and oxygen atoms in total. The molecular weight excluding hydrogens is 288 g/mol. The summed E-state index contributed by atoms with van der Waals surface area (Å²) in [6.45, 7) is 0.755. The fourth-order valence-corrected chi connectivity index (χ4v) is 2.97. The number of hydrogen-bond acceptors (Lipinski definition) is 5. The van der Waals surface area contributed by atoms with Gasteiger partial charge in [0.25, 0.3) is 0 Å². The van der Waals surface area contributed by atoms with Crippen molar-refractivity contribution in [3.05, 3.63) is 60.4 Å². The molecule has 2 atom stereocenters. The average molecular weight is 306 g/mol. The van der Waals surface area contributed by atoms with Gasteiger partial charge in [0.1, 0.15) is 11.3 Å². The Morgan fingerprint density at radius 2 is 1.87 bits per heavy atom. The second-order valence-electron chi connectivity index (χ2n) is 5.73. The molecular formula is C18H18N4O. The average Bonchev–Trinajstić information content (AvgIpc) is 2.63. The molecule has 0 bridgehead atoms. The molecule has 2 unspecified atom stereocenters.